The number of amides is 1. The smallest absolute Gasteiger partial charge is 0.305 e. The highest BCUT2D eigenvalue weighted by Gasteiger charge is 2.44. The molecule has 0 saturated carbocycles. The summed E-state index contributed by atoms with van der Waals surface area (Å²) >= 11 is 0. The second-order valence-corrected chi connectivity index (χ2v) is 22.1. The summed E-state index contributed by atoms with van der Waals surface area (Å²) in [6.45, 7) is 4.20. The first-order chi connectivity index (χ1) is 37.7. The molecule has 1 heterocycles. The van der Waals surface area contributed by atoms with Gasteiger partial charge in [0, 0.05) is 12.8 Å². The predicted octanol–water partition coefficient (Wildman–Crippen LogP) is 15.4. The van der Waals surface area contributed by atoms with Crippen LogP contribution in [0.5, 0.6) is 0 Å². The van der Waals surface area contributed by atoms with Gasteiger partial charge in [-0.15, -0.1) is 0 Å². The number of esters is 1. The average molecular weight is 1090 g/mol. The molecule has 11 heteroatoms. The Kier molecular flexibility index (Phi) is 52.0. The fourth-order valence-electron chi connectivity index (χ4n) is 9.80. The standard InChI is InChI=1S/C66H119NO10/c1-3-5-7-9-11-13-15-16-31-34-38-42-46-50-54-62(71)75-55-51-47-43-39-35-32-29-27-25-23-21-19-17-18-20-22-24-26-28-30-33-37-41-45-49-53-61(70)67-58(57-76-66-65(74)64(73)63(72)60(56-68)77-66)59(69)52-48-44-40-36-14-12-10-8-6-4-2/h6,8,14,18-21,36,48,52,58-60,63-66,68-69,72-74H,3-5,7,9-13,15-17,22-35,37-47,49-51,53-57H2,1-2H3,(H,67,70)/b8-6+,20-18-,21-19-,36-14+,52-48+. The van der Waals surface area contributed by atoms with Crippen LogP contribution in [0.15, 0.2) is 60.8 Å². The third-order valence-corrected chi connectivity index (χ3v) is 14.8. The van der Waals surface area contributed by atoms with Crippen molar-refractivity contribution in [2.45, 2.75) is 326 Å². The molecular formula is C66H119NO10. The zero-order chi connectivity index (χ0) is 55.9. The number of carbonyl (C=O) groups is 2. The monoisotopic (exact) mass is 1090 g/mol. The predicted molar refractivity (Wildman–Crippen MR) is 320 cm³/mol. The largest absolute Gasteiger partial charge is 0.466 e. The number of nitrogens with one attached hydrogen (secondary N) is 1. The van der Waals surface area contributed by atoms with Gasteiger partial charge in [-0.25, -0.2) is 0 Å². The van der Waals surface area contributed by atoms with Crippen LogP contribution in [0.3, 0.4) is 0 Å². The fourth-order valence-corrected chi connectivity index (χ4v) is 9.80. The first-order valence-corrected chi connectivity index (χ1v) is 32.1. The summed E-state index contributed by atoms with van der Waals surface area (Å²) in [5.74, 6) is -0.206. The van der Waals surface area contributed by atoms with Gasteiger partial charge >= 0.3 is 5.97 Å². The van der Waals surface area contributed by atoms with Crippen LogP contribution in [0.25, 0.3) is 0 Å². The van der Waals surface area contributed by atoms with E-state index in [9.17, 15) is 35.1 Å². The number of unbranched alkanes of at least 4 members (excludes halogenated alkanes) is 33. The number of hydrogen-bond donors (Lipinski definition) is 6. The lowest BCUT2D eigenvalue weighted by Crippen LogP contribution is -2.60. The lowest BCUT2D eigenvalue weighted by atomic mass is 9.99. The molecule has 0 bridgehead atoms. The Morgan fingerprint density at radius 2 is 0.922 bits per heavy atom. The van der Waals surface area contributed by atoms with Gasteiger partial charge in [-0.2, -0.15) is 0 Å². The lowest BCUT2D eigenvalue weighted by Gasteiger charge is -2.40. The van der Waals surface area contributed by atoms with Gasteiger partial charge in [-0.3, -0.25) is 9.59 Å². The molecule has 6 N–H and O–H groups in total. The van der Waals surface area contributed by atoms with Gasteiger partial charge < -0.3 is 45.1 Å². The summed E-state index contributed by atoms with van der Waals surface area (Å²) < 4.78 is 16.7. The Morgan fingerprint density at radius 1 is 0.494 bits per heavy atom. The van der Waals surface area contributed by atoms with E-state index in [1.54, 1.807) is 6.08 Å². The highest BCUT2D eigenvalue weighted by atomic mass is 16.7. The zero-order valence-corrected chi connectivity index (χ0v) is 49.4. The molecule has 0 aromatic rings. The lowest BCUT2D eigenvalue weighted by molar-refractivity contribution is -0.302. The summed E-state index contributed by atoms with van der Waals surface area (Å²) in [4.78, 5) is 25.1. The molecule has 77 heavy (non-hydrogen) atoms. The summed E-state index contributed by atoms with van der Waals surface area (Å²) in [5, 5.41) is 54.2. The van der Waals surface area contributed by atoms with Crippen LogP contribution in [-0.2, 0) is 23.8 Å². The van der Waals surface area contributed by atoms with Crippen molar-refractivity contribution in [2.24, 2.45) is 0 Å². The molecule has 1 fully saturated rings. The molecule has 11 nitrogen and oxygen atoms in total. The molecule has 0 radical (unpaired) electrons. The normalized spacial score (nSPS) is 19.0. The van der Waals surface area contributed by atoms with Crippen molar-refractivity contribution in [1.82, 2.24) is 5.32 Å². The fraction of sp³-hybridized carbons (Fsp3) is 0.818. The van der Waals surface area contributed by atoms with Crippen LogP contribution < -0.4 is 5.32 Å². The molecule has 1 saturated heterocycles. The van der Waals surface area contributed by atoms with Gasteiger partial charge in [-0.05, 0) is 83.5 Å². The Hall–Kier alpha value is -2.64. The second-order valence-electron chi connectivity index (χ2n) is 22.1. The number of aliphatic hydroxyl groups excluding tert-OH is 5. The van der Waals surface area contributed by atoms with E-state index in [-0.39, 0.29) is 18.5 Å². The van der Waals surface area contributed by atoms with E-state index in [4.69, 9.17) is 14.2 Å². The molecule has 448 valence electrons. The maximum Gasteiger partial charge on any atom is 0.305 e. The van der Waals surface area contributed by atoms with E-state index in [0.29, 0.717) is 19.4 Å². The van der Waals surface area contributed by atoms with E-state index < -0.39 is 49.5 Å². The van der Waals surface area contributed by atoms with Gasteiger partial charge in [0.2, 0.25) is 5.91 Å². The van der Waals surface area contributed by atoms with Crippen molar-refractivity contribution < 1.29 is 49.3 Å². The van der Waals surface area contributed by atoms with E-state index in [0.717, 1.165) is 96.3 Å². The molecule has 1 aliphatic rings. The summed E-state index contributed by atoms with van der Waals surface area (Å²) in [5.41, 5.74) is 0. The number of ether oxygens (including phenoxy) is 3. The molecule has 0 aromatic heterocycles. The van der Waals surface area contributed by atoms with Crippen LogP contribution >= 0.6 is 0 Å². The van der Waals surface area contributed by atoms with E-state index in [1.165, 1.54) is 161 Å². The average Bonchev–Trinajstić information content (AvgIpc) is 3.43. The van der Waals surface area contributed by atoms with Crippen LogP contribution in [0, 0.1) is 0 Å². The van der Waals surface area contributed by atoms with Crippen molar-refractivity contribution in [2.75, 3.05) is 19.8 Å². The highest BCUT2D eigenvalue weighted by molar-refractivity contribution is 5.76. The second kappa shape index (κ2) is 55.3. The van der Waals surface area contributed by atoms with Crippen LogP contribution in [0.4, 0.5) is 0 Å². The number of carbonyl (C=O) groups excluding carboxylic acids is 2. The van der Waals surface area contributed by atoms with Crippen molar-refractivity contribution in [3.63, 3.8) is 0 Å². The molecular weight excluding hydrogens is 967 g/mol. The van der Waals surface area contributed by atoms with Crippen molar-refractivity contribution in [1.29, 1.82) is 0 Å². The van der Waals surface area contributed by atoms with Crippen molar-refractivity contribution in [3.8, 4) is 0 Å². The number of allylic oxidation sites excluding steroid dienone is 9. The van der Waals surface area contributed by atoms with Crippen LogP contribution in [0.1, 0.15) is 284 Å². The molecule has 1 amide bonds. The van der Waals surface area contributed by atoms with Crippen molar-refractivity contribution in [3.05, 3.63) is 60.8 Å². The Morgan fingerprint density at radius 3 is 1.42 bits per heavy atom. The summed E-state index contributed by atoms with van der Waals surface area (Å²) in [7, 11) is 0. The Labute approximate surface area is 471 Å². The molecule has 1 rings (SSSR count). The highest BCUT2D eigenvalue weighted by Crippen LogP contribution is 2.23. The minimum absolute atomic E-state index is 0.000523. The third-order valence-electron chi connectivity index (χ3n) is 14.8. The minimum Gasteiger partial charge on any atom is -0.466 e. The van der Waals surface area contributed by atoms with Crippen molar-refractivity contribution >= 4 is 11.9 Å². The topological polar surface area (TPSA) is 175 Å². The number of aliphatic hydroxyl groups is 5. The third kappa shape index (κ3) is 44.8. The van der Waals surface area contributed by atoms with Gasteiger partial charge in [0.15, 0.2) is 6.29 Å². The summed E-state index contributed by atoms with van der Waals surface area (Å²) in [6, 6.07) is -0.839. The van der Waals surface area contributed by atoms with E-state index in [2.05, 4.69) is 67.8 Å². The first kappa shape index (κ1) is 72.4. The van der Waals surface area contributed by atoms with E-state index >= 15 is 0 Å². The Bertz CT molecular complexity index is 1460. The SMILES string of the molecule is CC/C=C/CC/C=C/CC/C=C/C(O)C(COC1OC(CO)C(O)C(O)C1O)NC(=O)CCCCCCCCCCC/C=C\C/C=C\CCCCCCCCCCCOC(=O)CCCCCCCCCCCCCCCC. The van der Waals surface area contributed by atoms with E-state index in [1.807, 2.05) is 6.08 Å². The molecule has 7 unspecified atom stereocenters. The maximum absolute atomic E-state index is 13.0. The zero-order valence-electron chi connectivity index (χ0n) is 49.4. The molecule has 0 spiro atoms. The first-order valence-electron chi connectivity index (χ1n) is 32.1. The maximum atomic E-state index is 13.0. The quantitative estimate of drug-likeness (QED) is 0.0195. The van der Waals surface area contributed by atoms with Gasteiger partial charge in [0.1, 0.15) is 24.4 Å². The molecule has 7 atom stereocenters. The van der Waals surface area contributed by atoms with Gasteiger partial charge in [0.25, 0.3) is 0 Å². The Balaban J connectivity index is 2.01. The van der Waals surface area contributed by atoms with Gasteiger partial charge in [0.05, 0.1) is 32.0 Å². The number of rotatable bonds is 55. The van der Waals surface area contributed by atoms with Crippen LogP contribution in [0.2, 0.25) is 0 Å². The molecule has 0 aromatic carbocycles. The minimum atomic E-state index is -1.58. The van der Waals surface area contributed by atoms with Gasteiger partial charge in [-0.1, -0.05) is 248 Å². The molecule has 1 aliphatic heterocycles. The molecule has 0 aliphatic carbocycles. The number of hydrogen-bond acceptors (Lipinski definition) is 10. The van der Waals surface area contributed by atoms with Crippen LogP contribution in [-0.4, -0.2) is 100 Å². The summed E-state index contributed by atoms with van der Waals surface area (Å²) in [6.07, 6.45) is 62.1.